The number of aliphatic hydroxyl groups excluding tert-OH is 1. The number of azide groups is 1. The average molecular weight is 319 g/mol. The molecule has 0 amide bonds. The van der Waals surface area contributed by atoms with Gasteiger partial charge < -0.3 is 15.2 Å². The van der Waals surface area contributed by atoms with Crippen molar-refractivity contribution in [2.24, 2.45) is 5.11 Å². The third-order valence-corrected chi connectivity index (χ3v) is 3.13. The van der Waals surface area contributed by atoms with Crippen LogP contribution in [-0.2, 0) is 4.74 Å². The summed E-state index contributed by atoms with van der Waals surface area (Å²) in [4.78, 5) is 28.1. The van der Waals surface area contributed by atoms with E-state index in [9.17, 15) is 14.7 Å². The number of halogens is 1. The minimum Gasteiger partial charge on any atom is -0.394 e. The number of aromatic nitrogens is 2. The molecule has 3 atom stereocenters. The molecule has 0 saturated carbocycles. The van der Waals surface area contributed by atoms with E-state index in [1.165, 1.54) is 10.8 Å². The van der Waals surface area contributed by atoms with Gasteiger partial charge in [0.2, 0.25) is 0 Å². The standard InChI is InChI=1S/C10H14N6O4.ClH/c1-12-6-3-16(10(19)13-9(6)18)8-2-5(14-15-11)7(4-17)20-8;/h3,5,7-8,12,17H,2,4H2,1H3,(H,13,18,19);1H/t5-,7+,8+;/m0./s1. The fraction of sp³-hybridized carbons (Fsp3) is 0.600. The van der Waals surface area contributed by atoms with E-state index in [-0.39, 0.29) is 31.1 Å². The smallest absolute Gasteiger partial charge is 0.330 e. The molecule has 116 valence electrons. The lowest BCUT2D eigenvalue weighted by Crippen LogP contribution is -2.33. The topological polar surface area (TPSA) is 145 Å². The normalized spacial score (nSPS) is 24.0. The van der Waals surface area contributed by atoms with Crippen LogP contribution in [-0.4, -0.2) is 40.5 Å². The molecule has 1 aromatic heterocycles. The summed E-state index contributed by atoms with van der Waals surface area (Å²) < 4.78 is 6.68. The summed E-state index contributed by atoms with van der Waals surface area (Å²) in [5, 5.41) is 15.4. The zero-order valence-electron chi connectivity index (χ0n) is 11.1. The van der Waals surface area contributed by atoms with E-state index < -0.39 is 29.6 Å². The number of nitrogens with one attached hydrogen (secondary N) is 2. The first-order chi connectivity index (χ1) is 9.60. The predicted molar refractivity (Wildman–Crippen MR) is 76.7 cm³/mol. The maximum atomic E-state index is 11.8. The van der Waals surface area contributed by atoms with Gasteiger partial charge in [0.1, 0.15) is 11.9 Å². The van der Waals surface area contributed by atoms with Crippen molar-refractivity contribution in [2.75, 3.05) is 19.0 Å². The number of H-pyrrole nitrogens is 1. The monoisotopic (exact) mass is 318 g/mol. The molecule has 2 heterocycles. The Morgan fingerprint density at radius 2 is 2.38 bits per heavy atom. The van der Waals surface area contributed by atoms with Crippen LogP contribution in [0.15, 0.2) is 20.9 Å². The largest absolute Gasteiger partial charge is 0.394 e. The second-order valence-corrected chi connectivity index (χ2v) is 4.28. The highest BCUT2D eigenvalue weighted by Crippen LogP contribution is 2.29. The number of hydrogen-bond acceptors (Lipinski definition) is 6. The van der Waals surface area contributed by atoms with Gasteiger partial charge in [-0.25, -0.2) is 4.79 Å². The summed E-state index contributed by atoms with van der Waals surface area (Å²) in [6.45, 7) is -0.322. The second-order valence-electron chi connectivity index (χ2n) is 4.28. The molecule has 1 aliphatic rings. The molecule has 10 nitrogen and oxygen atoms in total. The number of rotatable bonds is 4. The number of hydrogen-bond donors (Lipinski definition) is 3. The first kappa shape index (κ1) is 17.1. The van der Waals surface area contributed by atoms with E-state index in [0.717, 1.165) is 0 Å². The summed E-state index contributed by atoms with van der Waals surface area (Å²) in [7, 11) is 1.55. The Hall–Kier alpha value is -2.00. The fourth-order valence-electron chi connectivity index (χ4n) is 2.12. The Labute approximate surface area is 124 Å². The van der Waals surface area contributed by atoms with Crippen LogP contribution in [0.4, 0.5) is 5.69 Å². The molecule has 0 radical (unpaired) electrons. The lowest BCUT2D eigenvalue weighted by atomic mass is 10.1. The van der Waals surface area contributed by atoms with Crippen molar-refractivity contribution < 1.29 is 9.84 Å². The van der Waals surface area contributed by atoms with Gasteiger partial charge in [-0.3, -0.25) is 14.3 Å². The molecule has 1 aliphatic heterocycles. The number of aromatic amines is 1. The highest BCUT2D eigenvalue weighted by atomic mass is 35.5. The zero-order valence-corrected chi connectivity index (χ0v) is 11.9. The van der Waals surface area contributed by atoms with Gasteiger partial charge in [-0.1, -0.05) is 5.11 Å². The minimum atomic E-state index is -0.709. The van der Waals surface area contributed by atoms with Crippen molar-refractivity contribution in [2.45, 2.75) is 24.8 Å². The summed E-state index contributed by atoms with van der Waals surface area (Å²) >= 11 is 0. The van der Waals surface area contributed by atoms with Crippen molar-refractivity contribution in [3.63, 3.8) is 0 Å². The van der Waals surface area contributed by atoms with E-state index in [4.69, 9.17) is 10.3 Å². The Balaban J connectivity index is 0.00000220. The Bertz CT molecular complexity index is 652. The number of nitrogens with zero attached hydrogens (tertiary/aromatic N) is 4. The van der Waals surface area contributed by atoms with Gasteiger partial charge in [-0.05, 0) is 5.53 Å². The minimum absolute atomic E-state index is 0. The van der Waals surface area contributed by atoms with E-state index in [2.05, 4.69) is 20.3 Å². The molecule has 1 fully saturated rings. The Morgan fingerprint density at radius 1 is 1.67 bits per heavy atom. The molecule has 0 aromatic carbocycles. The first-order valence-corrected chi connectivity index (χ1v) is 5.94. The van der Waals surface area contributed by atoms with Crippen LogP contribution in [0.1, 0.15) is 12.6 Å². The number of aliphatic hydroxyl groups is 1. The van der Waals surface area contributed by atoms with Crippen LogP contribution in [0.3, 0.4) is 0 Å². The van der Waals surface area contributed by atoms with Crippen LogP contribution < -0.4 is 16.6 Å². The Kier molecular flexibility index (Phi) is 5.79. The van der Waals surface area contributed by atoms with E-state index in [1.54, 1.807) is 7.05 Å². The average Bonchev–Trinajstić information content (AvgIpc) is 2.82. The van der Waals surface area contributed by atoms with Gasteiger partial charge in [0.15, 0.2) is 0 Å². The van der Waals surface area contributed by atoms with Crippen molar-refractivity contribution in [3.05, 3.63) is 37.5 Å². The molecule has 1 aromatic rings. The van der Waals surface area contributed by atoms with E-state index in [1.807, 2.05) is 0 Å². The molecule has 0 spiro atoms. The van der Waals surface area contributed by atoms with Crippen LogP contribution in [0.25, 0.3) is 10.4 Å². The highest BCUT2D eigenvalue weighted by Gasteiger charge is 2.35. The molecular weight excluding hydrogens is 304 g/mol. The first-order valence-electron chi connectivity index (χ1n) is 5.94. The molecule has 0 unspecified atom stereocenters. The van der Waals surface area contributed by atoms with Crippen LogP contribution >= 0.6 is 12.4 Å². The van der Waals surface area contributed by atoms with Crippen molar-refractivity contribution in [1.29, 1.82) is 0 Å². The molecule has 0 bridgehead atoms. The van der Waals surface area contributed by atoms with Crippen LogP contribution in [0.2, 0.25) is 0 Å². The fourth-order valence-corrected chi connectivity index (χ4v) is 2.12. The Morgan fingerprint density at radius 3 is 2.95 bits per heavy atom. The summed E-state index contributed by atoms with van der Waals surface area (Å²) in [6, 6.07) is -0.563. The van der Waals surface area contributed by atoms with Crippen molar-refractivity contribution >= 4 is 18.1 Å². The summed E-state index contributed by atoms with van der Waals surface area (Å²) in [5.74, 6) is 0. The molecule has 3 N–H and O–H groups in total. The molecule has 2 rings (SSSR count). The van der Waals surface area contributed by atoms with Gasteiger partial charge >= 0.3 is 5.69 Å². The van der Waals surface area contributed by atoms with Crippen LogP contribution in [0.5, 0.6) is 0 Å². The third-order valence-electron chi connectivity index (χ3n) is 3.13. The maximum absolute atomic E-state index is 11.8. The van der Waals surface area contributed by atoms with Crippen molar-refractivity contribution in [1.82, 2.24) is 9.55 Å². The third kappa shape index (κ3) is 3.37. The summed E-state index contributed by atoms with van der Waals surface area (Å²) in [6.07, 6.45) is 0.190. The van der Waals surface area contributed by atoms with Crippen LogP contribution in [0, 0.1) is 0 Å². The zero-order chi connectivity index (χ0) is 14.7. The number of ether oxygens (including phenoxy) is 1. The SMILES string of the molecule is CNc1cn([C@H]2C[C@H](N=[N+]=[N-])[C@@H](CO)O2)c(=O)[nH]c1=O.Cl. The molecule has 0 aliphatic carbocycles. The van der Waals surface area contributed by atoms with Gasteiger partial charge in [0.05, 0.1) is 18.8 Å². The van der Waals surface area contributed by atoms with Crippen molar-refractivity contribution in [3.8, 4) is 0 Å². The van der Waals surface area contributed by atoms with E-state index >= 15 is 0 Å². The highest BCUT2D eigenvalue weighted by molar-refractivity contribution is 5.85. The second kappa shape index (κ2) is 7.14. The van der Waals surface area contributed by atoms with E-state index in [0.29, 0.717) is 0 Å². The lowest BCUT2D eigenvalue weighted by Gasteiger charge is -2.15. The van der Waals surface area contributed by atoms with Gasteiger partial charge in [0.25, 0.3) is 5.56 Å². The molecule has 11 heteroatoms. The quantitative estimate of drug-likeness (QED) is 0.405. The number of anilines is 1. The summed E-state index contributed by atoms with van der Waals surface area (Å²) in [5.41, 5.74) is 7.52. The van der Waals surface area contributed by atoms with Gasteiger partial charge in [-0.2, -0.15) is 0 Å². The maximum Gasteiger partial charge on any atom is 0.330 e. The van der Waals surface area contributed by atoms with Gasteiger partial charge in [0, 0.05) is 24.6 Å². The molecular formula is C10H15ClN6O4. The predicted octanol–water partition coefficient (Wildman–Crippen LogP) is -0.0412. The van der Waals surface area contributed by atoms with Gasteiger partial charge in [-0.15, -0.1) is 12.4 Å². The molecule has 21 heavy (non-hydrogen) atoms. The lowest BCUT2D eigenvalue weighted by molar-refractivity contribution is -0.0269. The molecule has 1 saturated heterocycles.